The van der Waals surface area contributed by atoms with Gasteiger partial charge in [-0.15, -0.1) is 0 Å². The minimum atomic E-state index is 0.615. The molecule has 0 saturated carbocycles. The quantitative estimate of drug-likeness (QED) is 0.309. The molecule has 0 amide bonds. The van der Waals surface area contributed by atoms with Crippen LogP contribution in [0.1, 0.15) is 5.56 Å². The summed E-state index contributed by atoms with van der Waals surface area (Å²) in [5, 5.41) is 3.21. The second-order valence-corrected chi connectivity index (χ2v) is 7.44. The van der Waals surface area contributed by atoms with Gasteiger partial charge < -0.3 is 4.74 Å². The normalized spacial score (nSPS) is 11.7. The van der Waals surface area contributed by atoms with E-state index in [1.807, 2.05) is 78.2 Å². The van der Waals surface area contributed by atoms with Gasteiger partial charge in [0.2, 0.25) is 0 Å². The fourth-order valence-electron chi connectivity index (χ4n) is 2.40. The molecule has 0 atom stereocenters. The summed E-state index contributed by atoms with van der Waals surface area (Å²) in [6.07, 6.45) is 1.97. The summed E-state index contributed by atoms with van der Waals surface area (Å²) in [6, 6.07) is 23.2. The Morgan fingerprint density at radius 2 is 1.67 bits per heavy atom. The van der Waals surface area contributed by atoms with E-state index in [-0.39, 0.29) is 0 Å². The van der Waals surface area contributed by atoms with Crippen LogP contribution in [0.2, 0.25) is 10.0 Å². The molecule has 3 aromatic rings. The Bertz CT molecular complexity index is 951. The number of para-hydroxylation sites is 1. The van der Waals surface area contributed by atoms with Crippen molar-refractivity contribution in [2.75, 3.05) is 7.11 Å². The summed E-state index contributed by atoms with van der Waals surface area (Å²) in [4.78, 5) is 5.75. The fourth-order valence-corrected chi connectivity index (χ4v) is 3.80. The molecule has 0 spiro atoms. The lowest BCUT2D eigenvalue weighted by atomic mass is 10.1. The first kappa shape index (κ1) is 19.6. The molecule has 0 N–H and O–H groups in total. The third-order valence-electron chi connectivity index (χ3n) is 3.64. The number of halogens is 2. The SMILES string of the molecule is COc1cccc(C(C=CSc2cc(Cl)cc(Cl)c2)=Nc2ccccc2)c1. The molecule has 0 heterocycles. The number of rotatable bonds is 6. The Morgan fingerprint density at radius 1 is 0.926 bits per heavy atom. The van der Waals surface area contributed by atoms with Gasteiger partial charge >= 0.3 is 0 Å². The number of ether oxygens (including phenoxy) is 1. The van der Waals surface area contributed by atoms with Gasteiger partial charge in [-0.2, -0.15) is 0 Å². The van der Waals surface area contributed by atoms with Crippen molar-refractivity contribution >= 4 is 46.4 Å². The van der Waals surface area contributed by atoms with E-state index >= 15 is 0 Å². The number of allylic oxidation sites excluding steroid dienone is 1. The van der Waals surface area contributed by atoms with Crippen LogP contribution >= 0.6 is 35.0 Å². The standard InChI is InChI=1S/C22H17Cl2NOS/c1-26-20-9-5-6-16(12-20)22(25-19-7-3-2-4-8-19)10-11-27-21-14-17(23)13-18(24)15-21/h2-15H,1H3. The highest BCUT2D eigenvalue weighted by Crippen LogP contribution is 2.27. The number of aliphatic imine (C=N–C) groups is 1. The van der Waals surface area contributed by atoms with E-state index in [1.54, 1.807) is 13.2 Å². The number of hydrogen-bond acceptors (Lipinski definition) is 3. The van der Waals surface area contributed by atoms with Gasteiger partial charge in [0, 0.05) is 20.5 Å². The molecule has 0 saturated heterocycles. The summed E-state index contributed by atoms with van der Waals surface area (Å²) >= 11 is 13.7. The van der Waals surface area contributed by atoms with Gasteiger partial charge in [0.25, 0.3) is 0 Å². The summed E-state index contributed by atoms with van der Waals surface area (Å²) in [7, 11) is 1.65. The molecule has 27 heavy (non-hydrogen) atoms. The molecule has 0 radical (unpaired) electrons. The zero-order valence-electron chi connectivity index (χ0n) is 14.6. The van der Waals surface area contributed by atoms with E-state index < -0.39 is 0 Å². The highest BCUT2D eigenvalue weighted by Gasteiger charge is 2.03. The predicted octanol–water partition coefficient (Wildman–Crippen LogP) is 7.43. The summed E-state index contributed by atoms with van der Waals surface area (Å²) in [5.41, 5.74) is 2.69. The van der Waals surface area contributed by atoms with E-state index in [0.717, 1.165) is 27.6 Å². The molecule has 0 aliphatic heterocycles. The van der Waals surface area contributed by atoms with Crippen molar-refractivity contribution in [2.45, 2.75) is 4.90 Å². The van der Waals surface area contributed by atoms with E-state index in [9.17, 15) is 0 Å². The number of hydrogen-bond donors (Lipinski definition) is 0. The Morgan fingerprint density at radius 3 is 2.37 bits per heavy atom. The molecule has 0 fully saturated rings. The van der Waals surface area contributed by atoms with Crippen molar-refractivity contribution in [3.05, 3.63) is 99.9 Å². The molecule has 5 heteroatoms. The second-order valence-electron chi connectivity index (χ2n) is 5.59. The first-order valence-electron chi connectivity index (χ1n) is 8.21. The second kappa shape index (κ2) is 9.65. The Hall–Kier alpha value is -2.20. The van der Waals surface area contributed by atoms with E-state index in [2.05, 4.69) is 0 Å². The first-order valence-corrected chi connectivity index (χ1v) is 9.85. The molecular formula is C22H17Cl2NOS. The summed E-state index contributed by atoms with van der Waals surface area (Å²) in [5.74, 6) is 0.788. The number of thioether (sulfide) groups is 1. The maximum Gasteiger partial charge on any atom is 0.119 e. The monoisotopic (exact) mass is 413 g/mol. The van der Waals surface area contributed by atoms with Crippen LogP contribution in [0.25, 0.3) is 0 Å². The van der Waals surface area contributed by atoms with Crippen LogP contribution in [-0.4, -0.2) is 12.8 Å². The topological polar surface area (TPSA) is 21.6 Å². The van der Waals surface area contributed by atoms with Gasteiger partial charge in [-0.1, -0.05) is 65.3 Å². The van der Waals surface area contributed by atoms with E-state index in [1.165, 1.54) is 11.8 Å². The lowest BCUT2D eigenvalue weighted by Gasteiger charge is -2.06. The zero-order valence-corrected chi connectivity index (χ0v) is 16.9. The lowest BCUT2D eigenvalue weighted by Crippen LogP contribution is -1.97. The maximum absolute atomic E-state index is 6.07. The molecule has 3 rings (SSSR count). The van der Waals surface area contributed by atoms with Crippen molar-refractivity contribution in [3.63, 3.8) is 0 Å². The molecule has 0 unspecified atom stereocenters. The maximum atomic E-state index is 6.07. The van der Waals surface area contributed by atoms with Gasteiger partial charge in [0.05, 0.1) is 18.5 Å². The average Bonchev–Trinajstić information content (AvgIpc) is 2.67. The van der Waals surface area contributed by atoms with Crippen molar-refractivity contribution in [2.24, 2.45) is 4.99 Å². The molecule has 0 aliphatic carbocycles. The summed E-state index contributed by atoms with van der Waals surface area (Å²) < 4.78 is 5.34. The van der Waals surface area contributed by atoms with E-state index in [0.29, 0.717) is 10.0 Å². The zero-order chi connectivity index (χ0) is 19.1. The van der Waals surface area contributed by atoms with Crippen molar-refractivity contribution in [3.8, 4) is 5.75 Å². The molecule has 136 valence electrons. The molecule has 0 aliphatic rings. The van der Waals surface area contributed by atoms with Crippen LogP contribution in [-0.2, 0) is 0 Å². The summed E-state index contributed by atoms with van der Waals surface area (Å²) in [6.45, 7) is 0. The number of methoxy groups -OCH3 is 1. The predicted molar refractivity (Wildman–Crippen MR) is 117 cm³/mol. The van der Waals surface area contributed by atoms with Crippen LogP contribution in [0.4, 0.5) is 5.69 Å². The Balaban J connectivity index is 1.90. The third-order valence-corrected chi connectivity index (χ3v) is 4.85. The Labute approximate surface area is 173 Å². The highest BCUT2D eigenvalue weighted by molar-refractivity contribution is 8.02. The van der Waals surface area contributed by atoms with Gasteiger partial charge in [0.15, 0.2) is 0 Å². The third kappa shape index (κ3) is 5.90. The first-order chi connectivity index (χ1) is 13.1. The molecule has 0 aromatic heterocycles. The minimum Gasteiger partial charge on any atom is -0.497 e. The van der Waals surface area contributed by atoms with Crippen LogP contribution in [0.5, 0.6) is 5.75 Å². The smallest absolute Gasteiger partial charge is 0.119 e. The Kier molecular flexibility index (Phi) is 6.99. The van der Waals surface area contributed by atoms with Gasteiger partial charge in [-0.25, -0.2) is 4.99 Å². The minimum absolute atomic E-state index is 0.615. The molecule has 0 bridgehead atoms. The van der Waals surface area contributed by atoms with Gasteiger partial charge in [-0.05, 0) is 53.9 Å². The van der Waals surface area contributed by atoms with Crippen molar-refractivity contribution in [1.82, 2.24) is 0 Å². The molecule has 3 aromatic carbocycles. The van der Waals surface area contributed by atoms with Crippen molar-refractivity contribution < 1.29 is 4.74 Å². The van der Waals surface area contributed by atoms with Gasteiger partial charge in [-0.3, -0.25) is 0 Å². The van der Waals surface area contributed by atoms with Crippen LogP contribution in [0, 0.1) is 0 Å². The lowest BCUT2D eigenvalue weighted by molar-refractivity contribution is 0.414. The van der Waals surface area contributed by atoms with Crippen LogP contribution in [0.15, 0.2) is 94.2 Å². The number of benzene rings is 3. The fraction of sp³-hybridized carbons (Fsp3) is 0.0455. The van der Waals surface area contributed by atoms with Crippen LogP contribution < -0.4 is 4.74 Å². The highest BCUT2D eigenvalue weighted by atomic mass is 35.5. The molecule has 2 nitrogen and oxygen atoms in total. The van der Waals surface area contributed by atoms with Gasteiger partial charge in [0.1, 0.15) is 5.75 Å². The van der Waals surface area contributed by atoms with Crippen LogP contribution in [0.3, 0.4) is 0 Å². The van der Waals surface area contributed by atoms with E-state index in [4.69, 9.17) is 32.9 Å². The molecular weight excluding hydrogens is 397 g/mol. The number of nitrogens with zero attached hydrogens (tertiary/aromatic N) is 1. The average molecular weight is 414 g/mol. The largest absolute Gasteiger partial charge is 0.497 e. The van der Waals surface area contributed by atoms with Crippen molar-refractivity contribution in [1.29, 1.82) is 0 Å².